The van der Waals surface area contributed by atoms with Crippen molar-refractivity contribution >= 4 is 11.8 Å². The second kappa shape index (κ2) is 7.17. The van der Waals surface area contributed by atoms with Gasteiger partial charge in [-0.05, 0) is 6.08 Å². The SMILES string of the molecule is C=C/C=C(\C=C)SCCC#N. The summed E-state index contributed by atoms with van der Waals surface area (Å²) in [6.07, 6.45) is 5.95. The number of thioether (sulfide) groups is 1. The molecule has 2 heteroatoms. The molecule has 0 aliphatic carbocycles. The molecule has 0 amide bonds. The van der Waals surface area contributed by atoms with Gasteiger partial charge in [0.1, 0.15) is 0 Å². The van der Waals surface area contributed by atoms with Crippen molar-refractivity contribution in [2.24, 2.45) is 0 Å². The van der Waals surface area contributed by atoms with Crippen LogP contribution in [0.3, 0.4) is 0 Å². The summed E-state index contributed by atoms with van der Waals surface area (Å²) in [4.78, 5) is 1.07. The Hall–Kier alpha value is -0.940. The average Bonchev–Trinajstić information content (AvgIpc) is 2.03. The lowest BCUT2D eigenvalue weighted by atomic mass is 10.5. The van der Waals surface area contributed by atoms with E-state index in [9.17, 15) is 0 Å². The number of nitrogens with zero attached hydrogens (tertiary/aromatic N) is 1. The first-order valence-electron chi connectivity index (χ1n) is 3.30. The van der Waals surface area contributed by atoms with E-state index in [1.54, 1.807) is 23.9 Å². The van der Waals surface area contributed by atoms with Crippen molar-refractivity contribution in [3.8, 4) is 6.07 Å². The predicted molar refractivity (Wildman–Crippen MR) is 51.2 cm³/mol. The fourth-order valence-electron chi connectivity index (χ4n) is 0.506. The van der Waals surface area contributed by atoms with Crippen molar-refractivity contribution in [3.05, 3.63) is 36.3 Å². The maximum absolute atomic E-state index is 8.25. The lowest BCUT2D eigenvalue weighted by molar-refractivity contribution is 1.24. The van der Waals surface area contributed by atoms with E-state index < -0.39 is 0 Å². The molecule has 0 aliphatic heterocycles. The topological polar surface area (TPSA) is 23.8 Å². The third-order valence-corrected chi connectivity index (χ3v) is 2.01. The molecule has 1 nitrogen and oxygen atoms in total. The first-order valence-corrected chi connectivity index (χ1v) is 4.28. The second-order valence-electron chi connectivity index (χ2n) is 1.77. The molecule has 0 aliphatic rings. The number of rotatable bonds is 5. The van der Waals surface area contributed by atoms with E-state index in [-0.39, 0.29) is 0 Å². The molecule has 58 valence electrons. The highest BCUT2D eigenvalue weighted by Gasteiger charge is 1.89. The molecule has 0 radical (unpaired) electrons. The van der Waals surface area contributed by atoms with Crippen LogP contribution in [0, 0.1) is 11.3 Å². The molecule has 0 heterocycles. The van der Waals surface area contributed by atoms with Crippen LogP contribution in [-0.4, -0.2) is 5.75 Å². The number of nitriles is 1. The van der Waals surface area contributed by atoms with Crippen LogP contribution in [0.1, 0.15) is 6.42 Å². The Bertz CT molecular complexity index is 198. The van der Waals surface area contributed by atoms with E-state index >= 15 is 0 Å². The van der Waals surface area contributed by atoms with Gasteiger partial charge in [-0.25, -0.2) is 0 Å². The molecule has 11 heavy (non-hydrogen) atoms. The molecular weight excluding hydrogens is 154 g/mol. The highest BCUT2D eigenvalue weighted by molar-refractivity contribution is 8.03. The van der Waals surface area contributed by atoms with Gasteiger partial charge in [0.25, 0.3) is 0 Å². The third kappa shape index (κ3) is 5.50. The molecule has 0 fully saturated rings. The summed E-state index contributed by atoms with van der Waals surface area (Å²) in [5.41, 5.74) is 0. The number of hydrogen-bond donors (Lipinski definition) is 0. The lowest BCUT2D eigenvalue weighted by Gasteiger charge is -1.95. The van der Waals surface area contributed by atoms with Gasteiger partial charge in [-0.3, -0.25) is 0 Å². The van der Waals surface area contributed by atoms with Gasteiger partial charge < -0.3 is 0 Å². The standard InChI is InChI=1S/C9H11NS/c1-3-6-9(4-2)11-8-5-7-10/h3-4,6H,1-2,5,8H2/b9-6+. The molecule has 0 aromatic rings. The van der Waals surface area contributed by atoms with Crippen molar-refractivity contribution in [2.75, 3.05) is 5.75 Å². The monoisotopic (exact) mass is 165 g/mol. The lowest BCUT2D eigenvalue weighted by Crippen LogP contribution is -1.75. The van der Waals surface area contributed by atoms with Crippen molar-refractivity contribution in [1.82, 2.24) is 0 Å². The first kappa shape index (κ1) is 10.1. The summed E-state index contributed by atoms with van der Waals surface area (Å²) in [6, 6.07) is 2.08. The Morgan fingerprint density at radius 3 is 2.73 bits per heavy atom. The maximum atomic E-state index is 8.25. The predicted octanol–water partition coefficient (Wildman–Crippen LogP) is 2.89. The van der Waals surface area contributed by atoms with E-state index in [0.29, 0.717) is 6.42 Å². The Morgan fingerprint density at radius 1 is 1.55 bits per heavy atom. The van der Waals surface area contributed by atoms with E-state index in [1.165, 1.54) is 0 Å². The average molecular weight is 165 g/mol. The van der Waals surface area contributed by atoms with Crippen LogP contribution in [0.5, 0.6) is 0 Å². The van der Waals surface area contributed by atoms with Crippen molar-refractivity contribution in [3.63, 3.8) is 0 Å². The van der Waals surface area contributed by atoms with Gasteiger partial charge in [0.15, 0.2) is 0 Å². The minimum absolute atomic E-state index is 0.576. The molecule has 0 rings (SSSR count). The van der Waals surface area contributed by atoms with Crippen molar-refractivity contribution < 1.29 is 0 Å². The number of allylic oxidation sites excluding steroid dienone is 3. The van der Waals surface area contributed by atoms with Crippen LogP contribution < -0.4 is 0 Å². The van der Waals surface area contributed by atoms with Crippen molar-refractivity contribution in [1.29, 1.82) is 5.26 Å². The summed E-state index contributed by atoms with van der Waals surface area (Å²) in [7, 11) is 0. The summed E-state index contributed by atoms with van der Waals surface area (Å²) < 4.78 is 0. The molecule has 0 bridgehead atoms. The zero-order chi connectivity index (χ0) is 8.53. The third-order valence-electron chi connectivity index (χ3n) is 0.966. The van der Waals surface area contributed by atoms with Crippen LogP contribution >= 0.6 is 11.8 Å². The van der Waals surface area contributed by atoms with E-state index in [2.05, 4.69) is 19.2 Å². The van der Waals surface area contributed by atoms with Gasteiger partial charge in [-0.2, -0.15) is 5.26 Å². The minimum atomic E-state index is 0.576. The van der Waals surface area contributed by atoms with E-state index in [0.717, 1.165) is 10.7 Å². The van der Waals surface area contributed by atoms with Crippen LogP contribution in [0.2, 0.25) is 0 Å². The van der Waals surface area contributed by atoms with Gasteiger partial charge in [0, 0.05) is 17.1 Å². The molecule has 0 N–H and O–H groups in total. The zero-order valence-corrected chi connectivity index (χ0v) is 7.23. The zero-order valence-electron chi connectivity index (χ0n) is 6.42. The van der Waals surface area contributed by atoms with Gasteiger partial charge in [0.05, 0.1) is 6.07 Å². The summed E-state index contributed by atoms with van der Waals surface area (Å²) >= 11 is 1.62. The smallest absolute Gasteiger partial charge is 0.0630 e. The van der Waals surface area contributed by atoms with Crippen LogP contribution in [0.4, 0.5) is 0 Å². The normalized spacial score (nSPS) is 10.3. The van der Waals surface area contributed by atoms with Crippen LogP contribution in [0.25, 0.3) is 0 Å². The van der Waals surface area contributed by atoms with Crippen LogP contribution in [0.15, 0.2) is 36.3 Å². The Balaban J connectivity index is 3.71. The molecule has 0 atom stereocenters. The molecule has 0 unspecified atom stereocenters. The van der Waals surface area contributed by atoms with Crippen molar-refractivity contribution in [2.45, 2.75) is 6.42 Å². The summed E-state index contributed by atoms with van der Waals surface area (Å²) in [6.45, 7) is 7.21. The quantitative estimate of drug-likeness (QED) is 0.462. The summed E-state index contributed by atoms with van der Waals surface area (Å²) in [5.74, 6) is 0.822. The van der Waals surface area contributed by atoms with Gasteiger partial charge in [-0.15, -0.1) is 11.8 Å². The molecular formula is C9H11NS. The minimum Gasteiger partial charge on any atom is -0.198 e. The van der Waals surface area contributed by atoms with E-state index in [1.807, 2.05) is 6.08 Å². The highest BCUT2D eigenvalue weighted by Crippen LogP contribution is 2.16. The fourth-order valence-corrected chi connectivity index (χ4v) is 1.25. The van der Waals surface area contributed by atoms with Crippen LogP contribution in [-0.2, 0) is 0 Å². The van der Waals surface area contributed by atoms with Gasteiger partial charge in [-0.1, -0.05) is 25.3 Å². The molecule has 0 aromatic heterocycles. The maximum Gasteiger partial charge on any atom is 0.0630 e. The molecule has 0 saturated heterocycles. The Labute approximate surface area is 72.1 Å². The van der Waals surface area contributed by atoms with Gasteiger partial charge in [0.2, 0.25) is 0 Å². The van der Waals surface area contributed by atoms with Gasteiger partial charge >= 0.3 is 0 Å². The highest BCUT2D eigenvalue weighted by atomic mass is 32.2. The van der Waals surface area contributed by atoms with E-state index in [4.69, 9.17) is 5.26 Å². The summed E-state index contributed by atoms with van der Waals surface area (Å²) in [5, 5.41) is 8.25. The largest absolute Gasteiger partial charge is 0.198 e. The molecule has 0 aromatic carbocycles. The molecule has 0 spiro atoms. The Morgan fingerprint density at radius 2 is 2.27 bits per heavy atom. The Kier molecular flexibility index (Phi) is 6.56. The second-order valence-corrected chi connectivity index (χ2v) is 2.93. The number of hydrogen-bond acceptors (Lipinski definition) is 2. The first-order chi connectivity index (χ1) is 5.35. The fraction of sp³-hybridized carbons (Fsp3) is 0.222. The molecule has 0 saturated carbocycles.